The molecule has 2 aliphatic rings. The average Bonchev–Trinajstić information content (AvgIpc) is 3.38. The first-order valence-electron chi connectivity index (χ1n) is 11.4. The van der Waals surface area contributed by atoms with E-state index < -0.39 is 5.91 Å². The summed E-state index contributed by atoms with van der Waals surface area (Å²) in [6, 6.07) is 16.7. The number of para-hydroxylation sites is 2. The van der Waals surface area contributed by atoms with Gasteiger partial charge in [-0.15, -0.1) is 0 Å². The highest BCUT2D eigenvalue weighted by Gasteiger charge is 2.44. The summed E-state index contributed by atoms with van der Waals surface area (Å²) in [5, 5.41) is 0. The summed E-state index contributed by atoms with van der Waals surface area (Å²) >= 11 is 6.67. The third kappa shape index (κ3) is 3.57. The summed E-state index contributed by atoms with van der Waals surface area (Å²) in [6.45, 7) is 4.43. The minimum absolute atomic E-state index is 0.202. The molecule has 1 aromatic heterocycles. The SMILES string of the molecule is CCCCN1C(=O)/C(=C2\SC(=S)N(c3c(C)n(C)n(-c4ccccc4)c3=O)C2=O)c2ccccc21. The van der Waals surface area contributed by atoms with E-state index in [1.807, 2.05) is 54.6 Å². The van der Waals surface area contributed by atoms with E-state index in [2.05, 4.69) is 6.92 Å². The number of fused-ring (bicyclic) bond motifs is 1. The number of amides is 2. The third-order valence-electron chi connectivity index (χ3n) is 6.40. The van der Waals surface area contributed by atoms with Crippen LogP contribution in [0.4, 0.5) is 11.4 Å². The maximum Gasteiger partial charge on any atom is 0.296 e. The molecule has 1 saturated heterocycles. The number of unbranched alkanes of at least 4 members (excludes halogenated alkanes) is 1. The molecular formula is C26H24N4O3S2. The molecule has 7 nitrogen and oxygen atoms in total. The van der Waals surface area contributed by atoms with Crippen molar-refractivity contribution in [2.45, 2.75) is 26.7 Å². The Kier molecular flexibility index (Phi) is 5.98. The first kappa shape index (κ1) is 23.3. The van der Waals surface area contributed by atoms with E-state index in [9.17, 15) is 14.4 Å². The molecule has 0 saturated carbocycles. The molecule has 5 rings (SSSR count). The number of rotatable bonds is 5. The topological polar surface area (TPSA) is 67.6 Å². The zero-order chi connectivity index (χ0) is 24.9. The van der Waals surface area contributed by atoms with E-state index in [0.29, 0.717) is 23.5 Å². The Morgan fingerprint density at radius 1 is 0.943 bits per heavy atom. The van der Waals surface area contributed by atoms with Crippen LogP contribution in [0.3, 0.4) is 0 Å². The fourth-order valence-corrected chi connectivity index (χ4v) is 5.90. The molecule has 9 heteroatoms. The number of carbonyl (C=O) groups is 2. The van der Waals surface area contributed by atoms with Crippen molar-refractivity contribution in [2.75, 3.05) is 16.3 Å². The molecule has 2 aromatic carbocycles. The van der Waals surface area contributed by atoms with Crippen molar-refractivity contribution in [3.05, 3.63) is 81.1 Å². The van der Waals surface area contributed by atoms with Gasteiger partial charge in [0.05, 0.1) is 27.5 Å². The van der Waals surface area contributed by atoms with Gasteiger partial charge < -0.3 is 4.90 Å². The predicted octanol–water partition coefficient (Wildman–Crippen LogP) is 4.41. The molecular weight excluding hydrogens is 480 g/mol. The number of nitrogens with zero attached hydrogens (tertiary/aromatic N) is 4. The Morgan fingerprint density at radius 2 is 1.63 bits per heavy atom. The van der Waals surface area contributed by atoms with E-state index in [-0.39, 0.29) is 26.4 Å². The van der Waals surface area contributed by atoms with Crippen molar-refractivity contribution >= 4 is 57.1 Å². The molecule has 0 unspecified atom stereocenters. The fraction of sp³-hybridized carbons (Fsp3) is 0.231. The molecule has 0 aliphatic carbocycles. The van der Waals surface area contributed by atoms with Gasteiger partial charge in [0.2, 0.25) is 0 Å². The number of thioether (sulfide) groups is 1. The summed E-state index contributed by atoms with van der Waals surface area (Å²) in [7, 11) is 1.77. The Balaban J connectivity index is 1.63. The number of thiocarbonyl (C=S) groups is 1. The van der Waals surface area contributed by atoms with Crippen LogP contribution in [0, 0.1) is 6.92 Å². The normalized spacial score (nSPS) is 17.6. The van der Waals surface area contributed by atoms with Crippen LogP contribution in [-0.2, 0) is 16.6 Å². The highest BCUT2D eigenvalue weighted by Crippen LogP contribution is 2.45. The molecule has 2 aliphatic heterocycles. The smallest absolute Gasteiger partial charge is 0.296 e. The van der Waals surface area contributed by atoms with E-state index in [4.69, 9.17) is 12.2 Å². The molecule has 178 valence electrons. The second kappa shape index (κ2) is 8.98. The molecule has 0 N–H and O–H groups in total. The third-order valence-corrected chi connectivity index (χ3v) is 7.77. The molecule has 0 radical (unpaired) electrons. The average molecular weight is 505 g/mol. The zero-order valence-corrected chi connectivity index (χ0v) is 21.3. The van der Waals surface area contributed by atoms with E-state index in [0.717, 1.165) is 35.9 Å². The molecule has 0 atom stereocenters. The van der Waals surface area contributed by atoms with Gasteiger partial charge >= 0.3 is 0 Å². The van der Waals surface area contributed by atoms with Crippen LogP contribution in [0.2, 0.25) is 0 Å². The van der Waals surface area contributed by atoms with Gasteiger partial charge in [0, 0.05) is 19.2 Å². The van der Waals surface area contributed by atoms with E-state index in [1.165, 1.54) is 9.58 Å². The largest absolute Gasteiger partial charge is 0.308 e. The van der Waals surface area contributed by atoms with E-state index in [1.54, 1.807) is 23.6 Å². The van der Waals surface area contributed by atoms with Crippen LogP contribution in [0.1, 0.15) is 31.0 Å². The molecule has 35 heavy (non-hydrogen) atoms. The second-order valence-electron chi connectivity index (χ2n) is 8.45. The van der Waals surface area contributed by atoms with Crippen molar-refractivity contribution in [1.82, 2.24) is 9.36 Å². The number of aromatic nitrogens is 2. The quantitative estimate of drug-likeness (QED) is 0.380. The predicted molar refractivity (Wildman–Crippen MR) is 144 cm³/mol. The van der Waals surface area contributed by atoms with E-state index >= 15 is 0 Å². The fourth-order valence-electron chi connectivity index (χ4n) is 4.56. The van der Waals surface area contributed by atoms with Crippen LogP contribution in [0.5, 0.6) is 0 Å². The number of hydrogen-bond donors (Lipinski definition) is 0. The van der Waals surface area contributed by atoms with Gasteiger partial charge in [-0.2, -0.15) is 0 Å². The highest BCUT2D eigenvalue weighted by molar-refractivity contribution is 8.27. The van der Waals surface area contributed by atoms with Crippen molar-refractivity contribution in [3.63, 3.8) is 0 Å². The summed E-state index contributed by atoms with van der Waals surface area (Å²) in [5.74, 6) is -0.645. The summed E-state index contributed by atoms with van der Waals surface area (Å²) in [5.41, 5.74) is 3.02. The Labute approximate surface area is 212 Å². The number of benzene rings is 2. The minimum atomic E-state index is -0.443. The molecule has 3 heterocycles. The molecule has 1 fully saturated rings. The van der Waals surface area contributed by atoms with Gasteiger partial charge in [-0.3, -0.25) is 24.0 Å². The first-order chi connectivity index (χ1) is 16.9. The monoisotopic (exact) mass is 504 g/mol. The van der Waals surface area contributed by atoms with Crippen LogP contribution in [-0.4, -0.2) is 32.0 Å². The lowest BCUT2D eigenvalue weighted by Gasteiger charge is -2.16. The van der Waals surface area contributed by atoms with Crippen LogP contribution >= 0.6 is 24.0 Å². The van der Waals surface area contributed by atoms with Crippen LogP contribution in [0.15, 0.2) is 64.3 Å². The van der Waals surface area contributed by atoms with Crippen molar-refractivity contribution < 1.29 is 9.59 Å². The number of hydrogen-bond acceptors (Lipinski definition) is 5. The summed E-state index contributed by atoms with van der Waals surface area (Å²) in [4.78, 5) is 44.1. The zero-order valence-electron chi connectivity index (χ0n) is 19.6. The van der Waals surface area contributed by atoms with Gasteiger partial charge in [-0.05, 0) is 31.5 Å². The van der Waals surface area contributed by atoms with Gasteiger partial charge in [0.25, 0.3) is 17.4 Å². The maximum atomic E-state index is 13.8. The lowest BCUT2D eigenvalue weighted by atomic mass is 10.1. The summed E-state index contributed by atoms with van der Waals surface area (Å²) < 4.78 is 3.46. The lowest BCUT2D eigenvalue weighted by Crippen LogP contribution is -2.33. The van der Waals surface area contributed by atoms with Crippen molar-refractivity contribution in [2.24, 2.45) is 7.05 Å². The Morgan fingerprint density at radius 3 is 2.34 bits per heavy atom. The standard InChI is InChI=1S/C26H24N4O3S2/c1-4-5-15-28-19-14-10-9-13-18(19)20(23(28)31)22-25(33)29(26(34)35-22)21-16(2)27(3)30(24(21)32)17-11-7-6-8-12-17/h6-14H,4-5,15H2,1-3H3/b22-20-. The van der Waals surface area contributed by atoms with Gasteiger partial charge in [-0.25, -0.2) is 4.68 Å². The number of carbonyl (C=O) groups excluding carboxylic acids is 2. The van der Waals surface area contributed by atoms with Crippen molar-refractivity contribution in [3.8, 4) is 5.69 Å². The van der Waals surface area contributed by atoms with Gasteiger partial charge in [0.1, 0.15) is 5.69 Å². The van der Waals surface area contributed by atoms with Crippen molar-refractivity contribution in [1.29, 1.82) is 0 Å². The molecule has 2 amide bonds. The molecule has 3 aromatic rings. The molecule has 0 spiro atoms. The van der Waals surface area contributed by atoms with Crippen LogP contribution in [0.25, 0.3) is 11.3 Å². The Hall–Kier alpha value is -3.43. The molecule has 0 bridgehead atoms. The highest BCUT2D eigenvalue weighted by atomic mass is 32.2. The summed E-state index contributed by atoms with van der Waals surface area (Å²) in [6.07, 6.45) is 1.81. The lowest BCUT2D eigenvalue weighted by molar-refractivity contribution is -0.115. The van der Waals surface area contributed by atoms with Gasteiger partial charge in [-0.1, -0.05) is 73.7 Å². The number of anilines is 2. The Bertz CT molecular complexity index is 1470. The first-order valence-corrected chi connectivity index (χ1v) is 12.6. The second-order valence-corrected chi connectivity index (χ2v) is 10.1. The van der Waals surface area contributed by atoms with Crippen LogP contribution < -0.4 is 15.4 Å². The van der Waals surface area contributed by atoms with Gasteiger partial charge in [0.15, 0.2) is 4.32 Å². The minimum Gasteiger partial charge on any atom is -0.308 e. The maximum absolute atomic E-state index is 13.8.